The standard InChI is InChI=1S/C14H17N3O7S/c1-14(12(20)15-13(21)16-14)9-6-8(4-5-10(9)24-3)25(22,23)17(2)7-11(18)19/h4-6H,7H2,1-3H3,(H,18,19)(H2,15,16,20,21). The number of carboxylic acids is 1. The lowest BCUT2D eigenvalue weighted by Crippen LogP contribution is -2.41. The SMILES string of the molecule is COc1ccc(S(=O)(=O)N(C)CC(=O)O)cc1C1(C)NC(=O)NC1=O. The van der Waals surface area contributed by atoms with Gasteiger partial charge in [0.2, 0.25) is 10.0 Å². The van der Waals surface area contributed by atoms with Gasteiger partial charge in [-0.25, -0.2) is 13.2 Å². The molecule has 0 radical (unpaired) electrons. The number of urea groups is 1. The first-order valence-electron chi connectivity index (χ1n) is 7.02. The van der Waals surface area contributed by atoms with Crippen LogP contribution in [0.15, 0.2) is 23.1 Å². The molecule has 0 bridgehead atoms. The molecule has 0 aromatic heterocycles. The van der Waals surface area contributed by atoms with Crippen molar-refractivity contribution in [2.24, 2.45) is 0 Å². The van der Waals surface area contributed by atoms with E-state index in [0.29, 0.717) is 4.31 Å². The second-order valence-corrected chi connectivity index (χ2v) is 7.60. The van der Waals surface area contributed by atoms with Gasteiger partial charge in [-0.2, -0.15) is 4.31 Å². The van der Waals surface area contributed by atoms with E-state index >= 15 is 0 Å². The molecule has 11 heteroatoms. The van der Waals surface area contributed by atoms with Gasteiger partial charge in [0.05, 0.1) is 12.0 Å². The van der Waals surface area contributed by atoms with Gasteiger partial charge in [-0.3, -0.25) is 14.9 Å². The number of amides is 3. The number of nitrogens with zero attached hydrogens (tertiary/aromatic N) is 1. The number of carboxylic acid groups (broad SMARTS) is 1. The third-order valence-electron chi connectivity index (χ3n) is 3.82. The van der Waals surface area contributed by atoms with Crippen molar-refractivity contribution in [1.29, 1.82) is 0 Å². The first kappa shape index (κ1) is 18.7. The molecule has 1 fully saturated rings. The van der Waals surface area contributed by atoms with Gasteiger partial charge in [0.1, 0.15) is 17.8 Å². The zero-order chi connectivity index (χ0) is 19.0. The van der Waals surface area contributed by atoms with Crippen LogP contribution in [0.2, 0.25) is 0 Å². The molecule has 136 valence electrons. The fourth-order valence-corrected chi connectivity index (χ4v) is 3.57. The van der Waals surface area contributed by atoms with Crippen molar-refractivity contribution in [2.45, 2.75) is 17.4 Å². The summed E-state index contributed by atoms with van der Waals surface area (Å²) in [5, 5.41) is 13.3. The number of benzene rings is 1. The van der Waals surface area contributed by atoms with Crippen LogP contribution in [0, 0.1) is 0 Å². The minimum atomic E-state index is -4.12. The summed E-state index contributed by atoms with van der Waals surface area (Å²) < 4.78 is 30.9. The highest BCUT2D eigenvalue weighted by molar-refractivity contribution is 7.89. The number of likely N-dealkylation sites (N-methyl/N-ethyl adjacent to an activating group) is 1. The Labute approximate surface area is 143 Å². The summed E-state index contributed by atoms with van der Waals surface area (Å²) in [7, 11) is -1.66. The number of ether oxygens (including phenoxy) is 1. The summed E-state index contributed by atoms with van der Waals surface area (Å²) in [5.74, 6) is -1.78. The minimum absolute atomic E-state index is 0.128. The number of methoxy groups -OCH3 is 1. The molecule has 25 heavy (non-hydrogen) atoms. The summed E-state index contributed by atoms with van der Waals surface area (Å²) in [6, 6.07) is 3.02. The van der Waals surface area contributed by atoms with E-state index in [0.717, 1.165) is 7.05 Å². The van der Waals surface area contributed by atoms with E-state index < -0.39 is 40.0 Å². The van der Waals surface area contributed by atoms with E-state index in [1.165, 1.54) is 32.2 Å². The van der Waals surface area contributed by atoms with Crippen LogP contribution in [0.25, 0.3) is 0 Å². The highest BCUT2D eigenvalue weighted by Crippen LogP contribution is 2.34. The van der Waals surface area contributed by atoms with Crippen molar-refractivity contribution >= 4 is 27.9 Å². The van der Waals surface area contributed by atoms with Crippen molar-refractivity contribution in [3.05, 3.63) is 23.8 Å². The van der Waals surface area contributed by atoms with Crippen LogP contribution in [0.5, 0.6) is 5.75 Å². The minimum Gasteiger partial charge on any atom is -0.496 e. The number of sulfonamides is 1. The van der Waals surface area contributed by atoms with Gasteiger partial charge < -0.3 is 15.2 Å². The highest BCUT2D eigenvalue weighted by atomic mass is 32.2. The van der Waals surface area contributed by atoms with E-state index in [-0.39, 0.29) is 16.2 Å². The third-order valence-corrected chi connectivity index (χ3v) is 5.62. The zero-order valence-electron chi connectivity index (χ0n) is 13.7. The molecule has 1 atom stereocenters. The largest absolute Gasteiger partial charge is 0.496 e. The Hall–Kier alpha value is -2.66. The number of nitrogens with one attached hydrogen (secondary N) is 2. The van der Waals surface area contributed by atoms with Crippen LogP contribution in [-0.4, -0.2) is 56.4 Å². The maximum absolute atomic E-state index is 12.5. The van der Waals surface area contributed by atoms with Gasteiger partial charge >= 0.3 is 12.0 Å². The van der Waals surface area contributed by atoms with Gasteiger partial charge in [-0.15, -0.1) is 0 Å². The fourth-order valence-electron chi connectivity index (χ4n) is 2.43. The number of carbonyl (C=O) groups is 3. The topological polar surface area (TPSA) is 142 Å². The van der Waals surface area contributed by atoms with Crippen LogP contribution in [0.4, 0.5) is 4.79 Å². The monoisotopic (exact) mass is 371 g/mol. The second kappa shape index (κ2) is 6.33. The molecule has 1 saturated heterocycles. The van der Waals surface area contributed by atoms with Crippen molar-refractivity contribution in [2.75, 3.05) is 20.7 Å². The molecule has 1 unspecified atom stereocenters. The van der Waals surface area contributed by atoms with E-state index in [1.807, 2.05) is 0 Å². The highest BCUT2D eigenvalue weighted by Gasteiger charge is 2.45. The maximum atomic E-state index is 12.5. The van der Waals surface area contributed by atoms with Crippen LogP contribution >= 0.6 is 0 Å². The maximum Gasteiger partial charge on any atom is 0.322 e. The second-order valence-electron chi connectivity index (χ2n) is 5.55. The first-order chi connectivity index (χ1) is 11.5. The molecule has 1 aliphatic rings. The number of rotatable bonds is 6. The molecule has 2 rings (SSSR count). The van der Waals surface area contributed by atoms with Crippen molar-refractivity contribution in [1.82, 2.24) is 14.9 Å². The van der Waals surface area contributed by atoms with Crippen molar-refractivity contribution in [3.8, 4) is 5.75 Å². The Morgan fingerprint density at radius 2 is 2.00 bits per heavy atom. The molecule has 0 spiro atoms. The third kappa shape index (κ3) is 3.28. The summed E-state index contributed by atoms with van der Waals surface area (Å²) in [6.45, 7) is 0.681. The Morgan fingerprint density at radius 3 is 2.48 bits per heavy atom. The van der Waals surface area contributed by atoms with Gasteiger partial charge in [0, 0.05) is 12.6 Å². The molecule has 1 aliphatic heterocycles. The van der Waals surface area contributed by atoms with Crippen molar-refractivity contribution in [3.63, 3.8) is 0 Å². The predicted octanol–water partition coefficient (Wildman–Crippen LogP) is -0.545. The summed E-state index contributed by atoms with van der Waals surface area (Å²) in [6.07, 6.45) is 0. The number of hydrogen-bond donors (Lipinski definition) is 3. The van der Waals surface area contributed by atoms with Gasteiger partial charge in [-0.1, -0.05) is 0 Å². The molecule has 1 aromatic rings. The lowest BCUT2D eigenvalue weighted by atomic mass is 9.91. The fraction of sp³-hybridized carbons (Fsp3) is 0.357. The van der Waals surface area contributed by atoms with Crippen LogP contribution in [0.3, 0.4) is 0 Å². The molecule has 1 aromatic carbocycles. The van der Waals surface area contributed by atoms with Gasteiger partial charge in [-0.05, 0) is 25.1 Å². The first-order valence-corrected chi connectivity index (χ1v) is 8.46. The average molecular weight is 371 g/mol. The number of aliphatic carboxylic acids is 1. The Bertz CT molecular complexity index is 852. The summed E-state index contributed by atoms with van der Waals surface area (Å²) in [5.41, 5.74) is -1.40. The lowest BCUT2D eigenvalue weighted by Gasteiger charge is -2.24. The van der Waals surface area contributed by atoms with E-state index in [1.54, 1.807) is 0 Å². The molecule has 0 saturated carbocycles. The number of carbonyl (C=O) groups excluding carboxylic acids is 2. The predicted molar refractivity (Wildman–Crippen MR) is 84.5 cm³/mol. The molecule has 3 amide bonds. The number of imide groups is 1. The van der Waals surface area contributed by atoms with Gasteiger partial charge in [0.15, 0.2) is 0 Å². The normalized spacial score (nSPS) is 20.3. The van der Waals surface area contributed by atoms with Crippen molar-refractivity contribution < 1.29 is 32.6 Å². The molecule has 3 N–H and O–H groups in total. The number of hydrogen-bond acceptors (Lipinski definition) is 6. The smallest absolute Gasteiger partial charge is 0.322 e. The van der Waals surface area contributed by atoms with Crippen LogP contribution in [-0.2, 0) is 25.2 Å². The van der Waals surface area contributed by atoms with E-state index in [4.69, 9.17) is 9.84 Å². The Balaban J connectivity index is 2.57. The van der Waals surface area contributed by atoms with Crippen LogP contribution < -0.4 is 15.4 Å². The summed E-state index contributed by atoms with van der Waals surface area (Å²) >= 11 is 0. The quantitative estimate of drug-likeness (QED) is 0.570. The van der Waals surface area contributed by atoms with E-state index in [2.05, 4.69) is 10.6 Å². The zero-order valence-corrected chi connectivity index (χ0v) is 14.5. The molecule has 0 aliphatic carbocycles. The van der Waals surface area contributed by atoms with Crippen LogP contribution in [0.1, 0.15) is 12.5 Å². The molecular formula is C14H17N3O7S. The Morgan fingerprint density at radius 1 is 1.36 bits per heavy atom. The molecule has 10 nitrogen and oxygen atoms in total. The van der Waals surface area contributed by atoms with E-state index in [9.17, 15) is 22.8 Å². The average Bonchev–Trinajstić information content (AvgIpc) is 2.79. The lowest BCUT2D eigenvalue weighted by molar-refractivity contribution is -0.137. The van der Waals surface area contributed by atoms with Gasteiger partial charge in [0.25, 0.3) is 5.91 Å². The summed E-state index contributed by atoms with van der Waals surface area (Å²) in [4.78, 5) is 34.1. The molecule has 1 heterocycles. The molecular weight excluding hydrogens is 354 g/mol. The Kier molecular flexibility index (Phi) is 4.73.